The summed E-state index contributed by atoms with van der Waals surface area (Å²) in [4.78, 5) is 22.5. The summed E-state index contributed by atoms with van der Waals surface area (Å²) in [5.74, 6) is -0.703. The summed E-state index contributed by atoms with van der Waals surface area (Å²) in [6.45, 7) is 2.15. The second-order valence-corrected chi connectivity index (χ2v) is 3.86. The van der Waals surface area contributed by atoms with Crippen molar-refractivity contribution in [2.24, 2.45) is 7.05 Å². The molecule has 94 valence electrons. The Morgan fingerprint density at radius 3 is 2.71 bits per heavy atom. The lowest BCUT2D eigenvalue weighted by atomic mass is 10.2. The number of carbonyl (C=O) groups is 2. The van der Waals surface area contributed by atoms with Crippen LogP contribution in [-0.4, -0.2) is 29.4 Å². The first kappa shape index (κ1) is 13.6. The maximum absolute atomic E-state index is 11.5. The van der Waals surface area contributed by atoms with Crippen LogP contribution in [0, 0.1) is 6.92 Å². The molecule has 0 aliphatic carbocycles. The van der Waals surface area contributed by atoms with E-state index in [4.69, 9.17) is 11.6 Å². The Morgan fingerprint density at radius 2 is 2.18 bits per heavy atom. The van der Waals surface area contributed by atoms with Gasteiger partial charge in [-0.25, -0.2) is 4.79 Å². The van der Waals surface area contributed by atoms with Crippen LogP contribution in [0.2, 0.25) is 0 Å². The van der Waals surface area contributed by atoms with Crippen molar-refractivity contribution in [2.75, 3.05) is 13.0 Å². The van der Waals surface area contributed by atoms with Gasteiger partial charge in [-0.15, -0.1) is 11.6 Å². The van der Waals surface area contributed by atoms with Gasteiger partial charge in [0, 0.05) is 18.4 Å². The minimum absolute atomic E-state index is 0.0761. The second kappa shape index (κ2) is 5.72. The molecule has 5 nitrogen and oxygen atoms in total. The third-order valence-corrected chi connectivity index (χ3v) is 2.87. The topological polar surface area (TPSA) is 60.3 Å². The Bertz CT molecular complexity index is 440. The summed E-state index contributed by atoms with van der Waals surface area (Å²) in [5.41, 5.74) is 2.12. The van der Waals surface area contributed by atoms with Crippen molar-refractivity contribution in [1.29, 1.82) is 0 Å². The molecule has 1 heterocycles. The normalized spacial score (nSPS) is 10.1. The van der Waals surface area contributed by atoms with Crippen molar-refractivity contribution in [3.8, 4) is 0 Å². The third-order valence-electron chi connectivity index (χ3n) is 2.63. The second-order valence-electron chi connectivity index (χ2n) is 3.60. The van der Waals surface area contributed by atoms with E-state index in [2.05, 4.69) is 10.1 Å². The van der Waals surface area contributed by atoms with Gasteiger partial charge in [-0.3, -0.25) is 4.79 Å². The van der Waals surface area contributed by atoms with Gasteiger partial charge >= 0.3 is 5.97 Å². The molecule has 17 heavy (non-hydrogen) atoms. The van der Waals surface area contributed by atoms with Crippen LogP contribution >= 0.6 is 11.6 Å². The molecule has 0 aliphatic heterocycles. The number of methoxy groups -OCH3 is 1. The Hall–Kier alpha value is -1.49. The van der Waals surface area contributed by atoms with Crippen LogP contribution < -0.4 is 5.32 Å². The average molecular weight is 259 g/mol. The van der Waals surface area contributed by atoms with Crippen LogP contribution in [0.15, 0.2) is 6.07 Å². The summed E-state index contributed by atoms with van der Waals surface area (Å²) in [6.07, 6.45) is 0. The van der Waals surface area contributed by atoms with Gasteiger partial charge in [0.25, 0.3) is 0 Å². The highest BCUT2D eigenvalue weighted by atomic mass is 35.5. The molecular formula is C11H15ClN2O3. The first-order valence-corrected chi connectivity index (χ1v) is 5.60. The zero-order valence-electron chi connectivity index (χ0n) is 10.0. The number of alkyl halides is 1. The van der Waals surface area contributed by atoms with E-state index in [0.717, 1.165) is 11.4 Å². The van der Waals surface area contributed by atoms with E-state index in [1.54, 1.807) is 6.07 Å². The first-order valence-electron chi connectivity index (χ1n) is 5.07. The molecule has 0 unspecified atom stereocenters. The van der Waals surface area contributed by atoms with Crippen LogP contribution in [0.5, 0.6) is 0 Å². The summed E-state index contributed by atoms with van der Waals surface area (Å²) in [5, 5.41) is 2.64. The molecule has 0 saturated carbocycles. The summed E-state index contributed by atoms with van der Waals surface area (Å²) < 4.78 is 6.51. The van der Waals surface area contributed by atoms with Crippen molar-refractivity contribution in [1.82, 2.24) is 9.88 Å². The van der Waals surface area contributed by atoms with Crippen molar-refractivity contribution in [3.63, 3.8) is 0 Å². The minimum atomic E-state index is -0.381. The molecule has 6 heteroatoms. The van der Waals surface area contributed by atoms with E-state index in [9.17, 15) is 9.59 Å². The largest absolute Gasteiger partial charge is 0.465 e. The van der Waals surface area contributed by atoms with Gasteiger partial charge in [0.05, 0.1) is 19.2 Å². The fourth-order valence-corrected chi connectivity index (χ4v) is 1.58. The summed E-state index contributed by atoms with van der Waals surface area (Å²) >= 11 is 5.37. The number of nitrogens with zero attached hydrogens (tertiary/aromatic N) is 1. The summed E-state index contributed by atoms with van der Waals surface area (Å²) in [7, 11) is 3.16. The molecule has 0 spiro atoms. The first-order chi connectivity index (χ1) is 8.01. The molecule has 0 aromatic carbocycles. The number of hydrogen-bond donors (Lipinski definition) is 1. The van der Waals surface area contributed by atoms with E-state index < -0.39 is 0 Å². The van der Waals surface area contributed by atoms with Crippen molar-refractivity contribution < 1.29 is 14.3 Å². The van der Waals surface area contributed by atoms with E-state index in [1.165, 1.54) is 7.11 Å². The minimum Gasteiger partial charge on any atom is -0.465 e. The predicted octanol–water partition coefficient (Wildman–Crippen LogP) is 0.975. The quantitative estimate of drug-likeness (QED) is 0.647. The van der Waals surface area contributed by atoms with E-state index in [-0.39, 0.29) is 17.8 Å². The van der Waals surface area contributed by atoms with Crippen LogP contribution in [0.3, 0.4) is 0 Å². The Kier molecular flexibility index (Phi) is 4.57. The number of esters is 1. The van der Waals surface area contributed by atoms with Gasteiger partial charge in [0.15, 0.2) is 0 Å². The van der Waals surface area contributed by atoms with Crippen LogP contribution in [0.1, 0.15) is 21.7 Å². The fraction of sp³-hybridized carbons (Fsp3) is 0.455. The summed E-state index contributed by atoms with van der Waals surface area (Å²) in [6, 6.07) is 1.70. The molecular weight excluding hydrogens is 244 g/mol. The van der Waals surface area contributed by atoms with Crippen LogP contribution in [0.25, 0.3) is 0 Å². The Balaban J connectivity index is 2.87. The Labute approximate surface area is 105 Å². The standard InChI is InChI=1S/C11H15ClN2O3/c1-7-9(11(16)17-3)4-8(14(7)2)6-13-10(15)5-12/h4H,5-6H2,1-3H3,(H,13,15). The fourth-order valence-electron chi connectivity index (χ4n) is 1.49. The number of carbonyl (C=O) groups excluding carboxylic acids is 2. The highest BCUT2D eigenvalue weighted by Gasteiger charge is 2.16. The zero-order valence-corrected chi connectivity index (χ0v) is 10.8. The molecule has 1 aromatic heterocycles. The number of nitrogens with one attached hydrogen (secondary N) is 1. The SMILES string of the molecule is COC(=O)c1cc(CNC(=O)CCl)n(C)c1C. The molecule has 0 saturated heterocycles. The van der Waals surface area contributed by atoms with Gasteiger partial charge in [-0.05, 0) is 13.0 Å². The van der Waals surface area contributed by atoms with Crippen molar-refractivity contribution in [3.05, 3.63) is 23.0 Å². The van der Waals surface area contributed by atoms with Gasteiger partial charge in [0.1, 0.15) is 5.88 Å². The molecule has 0 atom stereocenters. The molecule has 1 rings (SSSR count). The molecule has 0 radical (unpaired) electrons. The highest BCUT2D eigenvalue weighted by molar-refractivity contribution is 6.27. The number of aromatic nitrogens is 1. The van der Waals surface area contributed by atoms with Crippen molar-refractivity contribution in [2.45, 2.75) is 13.5 Å². The lowest BCUT2D eigenvalue weighted by Gasteiger charge is -2.05. The smallest absolute Gasteiger partial charge is 0.339 e. The van der Waals surface area contributed by atoms with E-state index in [0.29, 0.717) is 12.1 Å². The Morgan fingerprint density at radius 1 is 1.53 bits per heavy atom. The van der Waals surface area contributed by atoms with Gasteiger partial charge in [-0.1, -0.05) is 0 Å². The number of halogens is 1. The predicted molar refractivity (Wildman–Crippen MR) is 64.1 cm³/mol. The molecule has 1 aromatic rings. The zero-order chi connectivity index (χ0) is 13.0. The molecule has 0 aliphatic rings. The number of hydrogen-bond acceptors (Lipinski definition) is 3. The highest BCUT2D eigenvalue weighted by Crippen LogP contribution is 2.14. The van der Waals surface area contributed by atoms with Gasteiger partial charge < -0.3 is 14.6 Å². The van der Waals surface area contributed by atoms with Crippen LogP contribution in [0.4, 0.5) is 0 Å². The lowest BCUT2D eigenvalue weighted by Crippen LogP contribution is -2.24. The van der Waals surface area contributed by atoms with Gasteiger partial charge in [-0.2, -0.15) is 0 Å². The average Bonchev–Trinajstić information content (AvgIpc) is 2.62. The van der Waals surface area contributed by atoms with E-state index >= 15 is 0 Å². The number of ether oxygens (including phenoxy) is 1. The van der Waals surface area contributed by atoms with Crippen molar-refractivity contribution >= 4 is 23.5 Å². The maximum Gasteiger partial charge on any atom is 0.339 e. The lowest BCUT2D eigenvalue weighted by molar-refractivity contribution is -0.118. The monoisotopic (exact) mass is 258 g/mol. The maximum atomic E-state index is 11.5. The molecule has 0 bridgehead atoms. The molecule has 1 N–H and O–H groups in total. The molecule has 0 fully saturated rings. The third kappa shape index (κ3) is 3.00. The number of rotatable bonds is 4. The molecule has 1 amide bonds. The van der Waals surface area contributed by atoms with E-state index in [1.807, 2.05) is 18.5 Å². The van der Waals surface area contributed by atoms with Gasteiger partial charge in [0.2, 0.25) is 5.91 Å². The van der Waals surface area contributed by atoms with Crippen LogP contribution in [-0.2, 0) is 23.1 Å². The number of amides is 1.